The van der Waals surface area contributed by atoms with Gasteiger partial charge in [0, 0.05) is 6.42 Å². The zero-order valence-corrected chi connectivity index (χ0v) is 30.5. The van der Waals surface area contributed by atoms with Crippen molar-refractivity contribution in [3.05, 3.63) is 89.5 Å². The summed E-state index contributed by atoms with van der Waals surface area (Å²) in [5.41, 5.74) is 4.41. The molecule has 0 saturated heterocycles. The van der Waals surface area contributed by atoms with Gasteiger partial charge in [-0.2, -0.15) is 0 Å². The van der Waals surface area contributed by atoms with Crippen LogP contribution in [0.1, 0.15) is 184 Å². The van der Waals surface area contributed by atoms with Gasteiger partial charge >= 0.3 is 0 Å². The van der Waals surface area contributed by atoms with Crippen LogP contribution >= 0.6 is 0 Å². The van der Waals surface area contributed by atoms with Crippen molar-refractivity contribution in [2.24, 2.45) is 0 Å². The molecule has 0 saturated carbocycles. The minimum Gasteiger partial charge on any atom is -0.234 e. The first-order valence-corrected chi connectivity index (χ1v) is 19.9. The van der Waals surface area contributed by atoms with E-state index in [0.29, 0.717) is 5.92 Å². The van der Waals surface area contributed by atoms with Crippen LogP contribution in [0.5, 0.6) is 0 Å². The molecule has 2 heteroatoms. The fraction of sp³-hybridized carbons (Fsp3) is 0.659. The summed E-state index contributed by atoms with van der Waals surface area (Å²) in [4.78, 5) is 0. The van der Waals surface area contributed by atoms with Crippen molar-refractivity contribution >= 4 is 0 Å². The number of benzene rings is 2. The second kappa shape index (κ2) is 24.8. The number of rotatable bonds is 28. The molecule has 1 heterocycles. The Labute approximate surface area is 285 Å². The molecule has 1 aromatic heterocycles. The molecule has 0 N–H and O–H groups in total. The normalized spacial score (nSPS) is 12.2. The highest BCUT2D eigenvalue weighted by Gasteiger charge is 2.25. The van der Waals surface area contributed by atoms with E-state index in [0.717, 1.165) is 25.9 Å². The quantitative estimate of drug-likeness (QED) is 0.0559. The van der Waals surface area contributed by atoms with Gasteiger partial charge < -0.3 is 0 Å². The molecule has 256 valence electrons. The first-order chi connectivity index (χ1) is 22.7. The molecule has 0 fully saturated rings. The van der Waals surface area contributed by atoms with Crippen LogP contribution in [0.2, 0.25) is 0 Å². The maximum atomic E-state index is 2.74. The van der Waals surface area contributed by atoms with Gasteiger partial charge in [0.25, 0.3) is 5.82 Å². The van der Waals surface area contributed by atoms with Gasteiger partial charge in [-0.25, -0.2) is 9.13 Å². The summed E-state index contributed by atoms with van der Waals surface area (Å²) in [6.45, 7) is 9.33. The van der Waals surface area contributed by atoms with Crippen molar-refractivity contribution in [2.45, 2.75) is 187 Å². The van der Waals surface area contributed by atoms with E-state index in [1.807, 2.05) is 0 Å². The Hall–Kier alpha value is -2.35. The lowest BCUT2D eigenvalue weighted by molar-refractivity contribution is -0.704. The van der Waals surface area contributed by atoms with Crippen LogP contribution in [0.25, 0.3) is 0 Å². The summed E-state index contributed by atoms with van der Waals surface area (Å²) in [6, 6.07) is 22.3. The number of nitrogens with zero attached hydrogens (tertiary/aromatic N) is 2. The van der Waals surface area contributed by atoms with Gasteiger partial charge in [-0.3, -0.25) is 0 Å². The largest absolute Gasteiger partial charge is 0.261 e. The predicted octanol–water partition coefficient (Wildman–Crippen LogP) is 12.9. The molecule has 3 aromatic rings. The number of hydrogen-bond donors (Lipinski definition) is 0. The van der Waals surface area contributed by atoms with Crippen molar-refractivity contribution in [3.63, 3.8) is 0 Å². The summed E-state index contributed by atoms with van der Waals surface area (Å²) in [5, 5.41) is 0. The lowest BCUT2D eigenvalue weighted by Gasteiger charge is -2.12. The second-order valence-electron chi connectivity index (χ2n) is 14.3. The third-order valence-electron chi connectivity index (χ3n) is 10.1. The average Bonchev–Trinajstić information content (AvgIpc) is 3.39. The highest BCUT2D eigenvalue weighted by molar-refractivity contribution is 5.22. The summed E-state index contributed by atoms with van der Waals surface area (Å²) in [6.07, 6.45) is 34.0. The van der Waals surface area contributed by atoms with Gasteiger partial charge in [-0.15, -0.1) is 0 Å². The van der Waals surface area contributed by atoms with Crippen LogP contribution in [-0.2, 0) is 25.9 Å². The molecular weight excluding hydrogens is 556 g/mol. The van der Waals surface area contributed by atoms with Crippen LogP contribution in [-0.4, -0.2) is 4.57 Å². The van der Waals surface area contributed by atoms with Crippen LogP contribution in [0.15, 0.2) is 66.9 Å². The fourth-order valence-electron chi connectivity index (χ4n) is 7.17. The monoisotopic (exact) mass is 628 g/mol. The van der Waals surface area contributed by atoms with E-state index in [1.165, 1.54) is 157 Å². The molecule has 0 spiro atoms. The minimum absolute atomic E-state index is 0.516. The third-order valence-corrected chi connectivity index (χ3v) is 10.1. The maximum Gasteiger partial charge on any atom is 0.261 e. The Morgan fingerprint density at radius 2 is 1.00 bits per heavy atom. The van der Waals surface area contributed by atoms with E-state index in [-0.39, 0.29) is 0 Å². The summed E-state index contributed by atoms with van der Waals surface area (Å²) < 4.78 is 5.40. The molecule has 0 aliphatic heterocycles. The van der Waals surface area contributed by atoms with Gasteiger partial charge in [0.05, 0.1) is 19.5 Å². The van der Waals surface area contributed by atoms with Gasteiger partial charge in [0.1, 0.15) is 11.9 Å². The molecule has 3 rings (SSSR count). The third kappa shape index (κ3) is 15.5. The number of aromatic nitrogens is 2. The Morgan fingerprint density at radius 1 is 0.543 bits per heavy atom. The van der Waals surface area contributed by atoms with Crippen LogP contribution in [0.3, 0.4) is 0 Å². The van der Waals surface area contributed by atoms with Crippen molar-refractivity contribution in [3.8, 4) is 0 Å². The number of imidazole rings is 1. The first-order valence-electron chi connectivity index (χ1n) is 19.9. The number of aryl methyl sites for hydroxylation is 1. The van der Waals surface area contributed by atoms with Gasteiger partial charge in [0.15, 0.2) is 0 Å². The van der Waals surface area contributed by atoms with E-state index in [1.54, 1.807) is 0 Å². The average molecular weight is 628 g/mol. The fourth-order valence-corrected chi connectivity index (χ4v) is 7.17. The molecule has 0 bridgehead atoms. The van der Waals surface area contributed by atoms with Crippen LogP contribution < -0.4 is 4.57 Å². The summed E-state index contributed by atoms with van der Waals surface area (Å²) in [7, 11) is 0. The van der Waals surface area contributed by atoms with Gasteiger partial charge in [0.2, 0.25) is 0 Å². The van der Waals surface area contributed by atoms with E-state index in [9.17, 15) is 0 Å². The molecule has 1 unspecified atom stereocenters. The highest BCUT2D eigenvalue weighted by atomic mass is 15.2. The maximum absolute atomic E-state index is 2.74. The summed E-state index contributed by atoms with van der Waals surface area (Å²) in [5.74, 6) is 2.03. The number of hydrogen-bond acceptors (Lipinski definition) is 0. The van der Waals surface area contributed by atoms with E-state index in [2.05, 4.69) is 96.8 Å². The summed E-state index contributed by atoms with van der Waals surface area (Å²) >= 11 is 0. The van der Waals surface area contributed by atoms with Crippen molar-refractivity contribution < 1.29 is 4.57 Å². The minimum atomic E-state index is 0.516. The van der Waals surface area contributed by atoms with Gasteiger partial charge in [-0.05, 0) is 42.7 Å². The Kier molecular flexibility index (Phi) is 20.5. The second-order valence-corrected chi connectivity index (χ2v) is 14.3. The zero-order chi connectivity index (χ0) is 32.5. The molecular formula is C44H71N2+. The van der Waals surface area contributed by atoms with Crippen LogP contribution in [0, 0.1) is 0 Å². The highest BCUT2D eigenvalue weighted by Crippen LogP contribution is 2.23. The molecule has 1 atom stereocenters. The molecule has 0 aliphatic carbocycles. The van der Waals surface area contributed by atoms with Crippen molar-refractivity contribution in [2.75, 3.05) is 0 Å². The van der Waals surface area contributed by atoms with E-state index >= 15 is 0 Å². The smallest absolute Gasteiger partial charge is 0.234 e. The Bertz CT molecular complexity index is 1120. The van der Waals surface area contributed by atoms with E-state index in [4.69, 9.17) is 0 Å². The predicted molar refractivity (Wildman–Crippen MR) is 201 cm³/mol. The molecule has 2 aromatic carbocycles. The topological polar surface area (TPSA) is 8.81 Å². The Morgan fingerprint density at radius 3 is 1.52 bits per heavy atom. The standard InChI is InChI=1S/C44H71N2/c1-4-6-8-10-12-14-15-16-17-18-19-21-29-35-45-39-43(37-40(3)42-33-27-24-28-34-42)46(36-30-22-20-13-11-9-7-5-2)44(45)38-41-31-25-23-26-32-41/h23-28,31-34,39-40H,4-22,29-30,35-38H2,1-3H3/q+1. The molecule has 46 heavy (non-hydrogen) atoms. The molecule has 0 aliphatic rings. The molecule has 0 radical (unpaired) electrons. The van der Waals surface area contributed by atoms with E-state index < -0.39 is 0 Å². The SMILES string of the molecule is CCCCCCCCCCCCCCC[n+]1cc(CC(C)c2ccccc2)n(CCCCCCCCCC)c1Cc1ccccc1. The first kappa shape index (κ1) is 38.1. The molecule has 0 amide bonds. The van der Waals surface area contributed by atoms with Crippen molar-refractivity contribution in [1.82, 2.24) is 4.57 Å². The molecule has 2 nitrogen and oxygen atoms in total. The number of unbranched alkanes of at least 4 members (excludes halogenated alkanes) is 19. The lowest BCUT2D eigenvalue weighted by atomic mass is 9.96. The Balaban J connectivity index is 1.59. The van der Waals surface area contributed by atoms with Crippen molar-refractivity contribution in [1.29, 1.82) is 0 Å². The van der Waals surface area contributed by atoms with Crippen LogP contribution in [0.4, 0.5) is 0 Å². The van der Waals surface area contributed by atoms with Gasteiger partial charge in [-0.1, -0.05) is 191 Å². The zero-order valence-electron chi connectivity index (χ0n) is 30.5. The lowest BCUT2D eigenvalue weighted by Crippen LogP contribution is -2.37.